The molecule has 2 fully saturated rings. The van der Waals surface area contributed by atoms with E-state index in [9.17, 15) is 9.90 Å². The van der Waals surface area contributed by atoms with E-state index in [4.69, 9.17) is 0 Å². The SMILES string of the molecule is CC(O)C1CCN(C(=O)NC(C)C2CCN(Cc3ccccc3)C2)C1. The molecule has 0 saturated carbocycles. The van der Waals surface area contributed by atoms with Crippen LogP contribution in [-0.4, -0.2) is 59.3 Å². The number of rotatable bonds is 5. The van der Waals surface area contributed by atoms with Gasteiger partial charge in [0.25, 0.3) is 0 Å². The third-order valence-corrected chi connectivity index (χ3v) is 5.81. The van der Waals surface area contributed by atoms with Crippen LogP contribution in [0.4, 0.5) is 4.79 Å². The molecule has 4 atom stereocenters. The Balaban J connectivity index is 1.44. The highest BCUT2D eigenvalue weighted by Crippen LogP contribution is 2.23. The highest BCUT2D eigenvalue weighted by atomic mass is 16.3. The fourth-order valence-electron chi connectivity index (χ4n) is 4.03. The molecule has 5 nitrogen and oxygen atoms in total. The van der Waals surface area contributed by atoms with Gasteiger partial charge in [-0.2, -0.15) is 0 Å². The average molecular weight is 345 g/mol. The summed E-state index contributed by atoms with van der Waals surface area (Å²) in [5.41, 5.74) is 1.35. The minimum atomic E-state index is -0.336. The second kappa shape index (κ2) is 8.19. The zero-order chi connectivity index (χ0) is 17.8. The second-order valence-corrected chi connectivity index (χ2v) is 7.74. The summed E-state index contributed by atoms with van der Waals surface area (Å²) in [5.74, 6) is 0.719. The van der Waals surface area contributed by atoms with Gasteiger partial charge in [0.1, 0.15) is 0 Å². The summed E-state index contributed by atoms with van der Waals surface area (Å²) in [6.45, 7) is 8.46. The molecule has 2 aliphatic rings. The van der Waals surface area contributed by atoms with Crippen molar-refractivity contribution in [2.24, 2.45) is 11.8 Å². The fraction of sp³-hybridized carbons (Fsp3) is 0.650. The molecule has 0 bridgehead atoms. The first-order valence-electron chi connectivity index (χ1n) is 9.52. The molecular weight excluding hydrogens is 314 g/mol. The first-order valence-corrected chi connectivity index (χ1v) is 9.52. The average Bonchev–Trinajstić information content (AvgIpc) is 3.25. The summed E-state index contributed by atoms with van der Waals surface area (Å²) >= 11 is 0. The monoisotopic (exact) mass is 345 g/mol. The molecule has 0 aliphatic carbocycles. The van der Waals surface area contributed by atoms with Crippen LogP contribution in [-0.2, 0) is 6.54 Å². The second-order valence-electron chi connectivity index (χ2n) is 7.74. The van der Waals surface area contributed by atoms with Crippen LogP contribution >= 0.6 is 0 Å². The third-order valence-electron chi connectivity index (χ3n) is 5.81. The van der Waals surface area contributed by atoms with Gasteiger partial charge in [-0.3, -0.25) is 4.90 Å². The van der Waals surface area contributed by atoms with Crippen molar-refractivity contribution in [1.29, 1.82) is 0 Å². The molecule has 138 valence electrons. The Hall–Kier alpha value is -1.59. The summed E-state index contributed by atoms with van der Waals surface area (Å²) in [6, 6.07) is 10.8. The molecule has 4 unspecified atom stereocenters. The van der Waals surface area contributed by atoms with E-state index in [2.05, 4.69) is 41.4 Å². The van der Waals surface area contributed by atoms with Crippen LogP contribution in [0.3, 0.4) is 0 Å². The van der Waals surface area contributed by atoms with Gasteiger partial charge in [-0.25, -0.2) is 4.79 Å². The molecule has 5 heteroatoms. The number of carbonyl (C=O) groups is 1. The maximum absolute atomic E-state index is 12.5. The predicted molar refractivity (Wildman–Crippen MR) is 99.2 cm³/mol. The predicted octanol–water partition coefficient (Wildman–Crippen LogP) is 2.31. The lowest BCUT2D eigenvalue weighted by atomic mass is 10.0. The van der Waals surface area contributed by atoms with Crippen LogP contribution in [0, 0.1) is 11.8 Å². The molecule has 0 radical (unpaired) electrons. The number of hydrogen-bond donors (Lipinski definition) is 2. The van der Waals surface area contributed by atoms with Crippen LogP contribution in [0.5, 0.6) is 0 Å². The summed E-state index contributed by atoms with van der Waals surface area (Å²) in [5, 5.41) is 12.9. The third kappa shape index (κ3) is 4.73. The smallest absolute Gasteiger partial charge is 0.317 e. The van der Waals surface area contributed by atoms with Crippen LogP contribution in [0.2, 0.25) is 0 Å². The quantitative estimate of drug-likeness (QED) is 0.861. The van der Waals surface area contributed by atoms with Gasteiger partial charge < -0.3 is 15.3 Å². The minimum Gasteiger partial charge on any atom is -0.393 e. The zero-order valence-electron chi connectivity index (χ0n) is 15.4. The van der Waals surface area contributed by atoms with Crippen molar-refractivity contribution in [2.45, 2.75) is 45.4 Å². The van der Waals surface area contributed by atoms with Gasteiger partial charge in [0, 0.05) is 38.1 Å². The van der Waals surface area contributed by atoms with Crippen LogP contribution in [0.25, 0.3) is 0 Å². The van der Waals surface area contributed by atoms with Crippen molar-refractivity contribution >= 4 is 6.03 Å². The number of urea groups is 1. The molecule has 2 N–H and O–H groups in total. The Morgan fingerprint density at radius 3 is 2.56 bits per heavy atom. The Morgan fingerprint density at radius 1 is 1.16 bits per heavy atom. The van der Waals surface area contributed by atoms with Crippen LogP contribution in [0.15, 0.2) is 30.3 Å². The van der Waals surface area contributed by atoms with E-state index in [0.717, 1.165) is 39.0 Å². The van der Waals surface area contributed by atoms with E-state index >= 15 is 0 Å². The van der Waals surface area contributed by atoms with E-state index in [0.29, 0.717) is 12.5 Å². The molecule has 1 aromatic rings. The number of nitrogens with one attached hydrogen (secondary N) is 1. The van der Waals surface area contributed by atoms with Crippen molar-refractivity contribution in [1.82, 2.24) is 15.1 Å². The highest BCUT2D eigenvalue weighted by Gasteiger charge is 2.32. The number of likely N-dealkylation sites (tertiary alicyclic amines) is 2. The summed E-state index contributed by atoms with van der Waals surface area (Å²) in [7, 11) is 0. The normalized spacial score (nSPS) is 26.6. The van der Waals surface area contributed by atoms with Crippen LogP contribution in [0.1, 0.15) is 32.3 Å². The van der Waals surface area contributed by atoms with Gasteiger partial charge in [-0.05, 0) is 44.7 Å². The van der Waals surface area contributed by atoms with Crippen molar-refractivity contribution in [2.75, 3.05) is 26.2 Å². The lowest BCUT2D eigenvalue weighted by Crippen LogP contribution is -2.46. The van der Waals surface area contributed by atoms with Gasteiger partial charge in [-0.15, -0.1) is 0 Å². The topological polar surface area (TPSA) is 55.8 Å². The van der Waals surface area contributed by atoms with E-state index in [-0.39, 0.29) is 24.1 Å². The molecule has 2 saturated heterocycles. The number of hydrogen-bond acceptors (Lipinski definition) is 3. The summed E-state index contributed by atoms with van der Waals surface area (Å²) < 4.78 is 0. The van der Waals surface area contributed by atoms with Gasteiger partial charge in [0.2, 0.25) is 0 Å². The molecule has 3 rings (SSSR count). The first kappa shape index (κ1) is 18.2. The standard InChI is InChI=1S/C20H31N3O2/c1-15(21-20(25)23-11-9-19(14-23)16(2)24)18-8-10-22(13-18)12-17-6-4-3-5-7-17/h3-7,15-16,18-19,24H,8-14H2,1-2H3,(H,21,25). The number of aliphatic hydroxyl groups excluding tert-OH is 1. The number of carbonyl (C=O) groups excluding carboxylic acids is 1. The minimum absolute atomic E-state index is 0.0251. The zero-order valence-corrected chi connectivity index (χ0v) is 15.4. The van der Waals surface area contributed by atoms with E-state index in [1.165, 1.54) is 5.56 Å². The molecule has 1 aromatic carbocycles. The maximum Gasteiger partial charge on any atom is 0.317 e. The number of amides is 2. The van der Waals surface area contributed by atoms with Gasteiger partial charge in [0.05, 0.1) is 6.10 Å². The number of nitrogens with zero attached hydrogens (tertiary/aromatic N) is 2. The lowest BCUT2D eigenvalue weighted by molar-refractivity contribution is 0.128. The van der Waals surface area contributed by atoms with E-state index < -0.39 is 0 Å². The molecule has 2 heterocycles. The molecule has 25 heavy (non-hydrogen) atoms. The van der Waals surface area contributed by atoms with Crippen molar-refractivity contribution in [3.05, 3.63) is 35.9 Å². The van der Waals surface area contributed by atoms with E-state index in [1.807, 2.05) is 17.9 Å². The summed E-state index contributed by atoms with van der Waals surface area (Å²) in [6.07, 6.45) is 1.69. The molecule has 2 amide bonds. The largest absolute Gasteiger partial charge is 0.393 e. The van der Waals surface area contributed by atoms with Crippen molar-refractivity contribution in [3.63, 3.8) is 0 Å². The van der Waals surface area contributed by atoms with E-state index in [1.54, 1.807) is 0 Å². The first-order chi connectivity index (χ1) is 12.0. The van der Waals surface area contributed by atoms with Crippen molar-refractivity contribution < 1.29 is 9.90 Å². The fourth-order valence-corrected chi connectivity index (χ4v) is 4.03. The molecular formula is C20H31N3O2. The van der Waals surface area contributed by atoms with Crippen LogP contribution < -0.4 is 5.32 Å². The summed E-state index contributed by atoms with van der Waals surface area (Å²) in [4.78, 5) is 16.8. The van der Waals surface area contributed by atoms with Crippen molar-refractivity contribution in [3.8, 4) is 0 Å². The van der Waals surface area contributed by atoms with Gasteiger partial charge in [-0.1, -0.05) is 30.3 Å². The number of aliphatic hydroxyl groups is 1. The highest BCUT2D eigenvalue weighted by molar-refractivity contribution is 5.74. The Kier molecular flexibility index (Phi) is 5.97. The van der Waals surface area contributed by atoms with Gasteiger partial charge >= 0.3 is 6.03 Å². The molecule has 0 spiro atoms. The number of benzene rings is 1. The Labute approximate surface area is 151 Å². The molecule has 0 aromatic heterocycles. The Morgan fingerprint density at radius 2 is 1.88 bits per heavy atom. The van der Waals surface area contributed by atoms with Gasteiger partial charge in [0.15, 0.2) is 0 Å². The Bertz CT molecular complexity index is 563. The maximum atomic E-state index is 12.5. The lowest BCUT2D eigenvalue weighted by Gasteiger charge is -2.25. The molecule has 2 aliphatic heterocycles.